The third kappa shape index (κ3) is 3.41. The molecule has 3 heterocycles. The highest BCUT2D eigenvalue weighted by Crippen LogP contribution is 2.07. The van der Waals surface area contributed by atoms with E-state index in [2.05, 4.69) is 20.5 Å². The Morgan fingerprint density at radius 1 is 1.07 bits per heavy atom. The number of pyridine rings is 1. The number of aromatic nitrogens is 5. The van der Waals surface area contributed by atoms with Gasteiger partial charge in [0.1, 0.15) is 5.82 Å². The highest BCUT2D eigenvalue weighted by molar-refractivity contribution is 5.78. The van der Waals surface area contributed by atoms with Crippen molar-refractivity contribution in [2.45, 2.75) is 19.4 Å². The summed E-state index contributed by atoms with van der Waals surface area (Å²) in [5.41, 5.74) is 0.320. The van der Waals surface area contributed by atoms with Crippen LogP contribution in [0.2, 0.25) is 0 Å². The lowest BCUT2D eigenvalue weighted by molar-refractivity contribution is -0.121. The molecule has 0 bridgehead atoms. The Labute approximate surface area is 158 Å². The summed E-state index contributed by atoms with van der Waals surface area (Å²) in [6, 6.07) is 12.5. The van der Waals surface area contributed by atoms with E-state index in [4.69, 9.17) is 0 Å². The number of nitrogens with zero attached hydrogens (tertiary/aromatic N) is 4. The van der Waals surface area contributed by atoms with Crippen LogP contribution >= 0.6 is 0 Å². The molecule has 9 nitrogen and oxygen atoms in total. The zero-order valence-electron chi connectivity index (χ0n) is 15.0. The number of hydrogen-bond acceptors (Lipinski definition) is 5. The van der Waals surface area contributed by atoms with Crippen LogP contribution in [0.25, 0.3) is 16.6 Å². The number of amides is 1. The van der Waals surface area contributed by atoms with Crippen molar-refractivity contribution in [3.05, 3.63) is 75.3 Å². The van der Waals surface area contributed by atoms with E-state index in [1.54, 1.807) is 24.3 Å². The molecule has 0 aliphatic rings. The fraction of sp³-hybridized carbons (Fsp3) is 0.211. The van der Waals surface area contributed by atoms with Crippen molar-refractivity contribution in [1.29, 1.82) is 0 Å². The van der Waals surface area contributed by atoms with Crippen LogP contribution in [-0.4, -0.2) is 36.6 Å². The number of hydrogen-bond donors (Lipinski definition) is 2. The number of aromatic amines is 1. The summed E-state index contributed by atoms with van der Waals surface area (Å²) in [6.07, 6.45) is 2.54. The van der Waals surface area contributed by atoms with Crippen molar-refractivity contribution in [3.63, 3.8) is 0 Å². The molecule has 3 aromatic heterocycles. The van der Waals surface area contributed by atoms with Gasteiger partial charge in [0.15, 0.2) is 5.65 Å². The molecule has 142 valence electrons. The molecule has 0 spiro atoms. The van der Waals surface area contributed by atoms with Gasteiger partial charge in [-0.2, -0.15) is 0 Å². The maximum Gasteiger partial charge on any atom is 0.328 e. The number of nitrogens with one attached hydrogen (secondary N) is 2. The summed E-state index contributed by atoms with van der Waals surface area (Å²) in [7, 11) is 0. The Bertz CT molecular complexity index is 1270. The highest BCUT2D eigenvalue weighted by atomic mass is 16.2. The van der Waals surface area contributed by atoms with Crippen LogP contribution < -0.4 is 16.6 Å². The number of fused-ring (bicyclic) bond motifs is 2. The van der Waals surface area contributed by atoms with Crippen LogP contribution in [0.5, 0.6) is 0 Å². The fourth-order valence-corrected chi connectivity index (χ4v) is 3.14. The average Bonchev–Trinajstić information content (AvgIpc) is 3.11. The molecule has 0 fully saturated rings. The van der Waals surface area contributed by atoms with E-state index in [0.717, 1.165) is 11.5 Å². The third-order valence-electron chi connectivity index (χ3n) is 4.52. The van der Waals surface area contributed by atoms with Gasteiger partial charge in [0.05, 0.1) is 10.9 Å². The molecule has 0 atom stereocenters. The Kier molecular flexibility index (Phi) is 4.71. The van der Waals surface area contributed by atoms with Crippen LogP contribution in [0.1, 0.15) is 12.2 Å². The summed E-state index contributed by atoms with van der Waals surface area (Å²) in [4.78, 5) is 38.5. The van der Waals surface area contributed by atoms with E-state index >= 15 is 0 Å². The minimum absolute atomic E-state index is 0.122. The first-order chi connectivity index (χ1) is 13.6. The van der Waals surface area contributed by atoms with E-state index < -0.39 is 11.2 Å². The second kappa shape index (κ2) is 7.47. The average molecular weight is 378 g/mol. The molecule has 4 aromatic rings. The van der Waals surface area contributed by atoms with Crippen molar-refractivity contribution in [3.8, 4) is 0 Å². The van der Waals surface area contributed by atoms with Crippen molar-refractivity contribution in [2.24, 2.45) is 0 Å². The first-order valence-corrected chi connectivity index (χ1v) is 8.91. The molecule has 0 saturated heterocycles. The number of H-pyrrole nitrogens is 1. The first kappa shape index (κ1) is 17.7. The van der Waals surface area contributed by atoms with Gasteiger partial charge in [-0.25, -0.2) is 4.79 Å². The van der Waals surface area contributed by atoms with Crippen LogP contribution in [0.4, 0.5) is 0 Å². The molecular formula is C19H18N6O3. The normalized spacial score (nSPS) is 11.1. The highest BCUT2D eigenvalue weighted by Gasteiger charge is 2.10. The SMILES string of the molecule is O=C(CCn1c(=O)[nH]c(=O)c2ccccc21)NCCc1nnc2ccccn12. The van der Waals surface area contributed by atoms with Gasteiger partial charge in [-0.15, -0.1) is 10.2 Å². The number of carbonyl (C=O) groups excluding carboxylic acids is 1. The fourth-order valence-electron chi connectivity index (χ4n) is 3.14. The van der Waals surface area contributed by atoms with Crippen LogP contribution in [0.15, 0.2) is 58.3 Å². The van der Waals surface area contributed by atoms with Gasteiger partial charge in [-0.05, 0) is 24.3 Å². The molecule has 0 unspecified atom stereocenters. The van der Waals surface area contributed by atoms with Gasteiger partial charge in [0, 0.05) is 32.1 Å². The maximum atomic E-state index is 12.2. The smallest absolute Gasteiger partial charge is 0.328 e. The molecular weight excluding hydrogens is 360 g/mol. The van der Waals surface area contributed by atoms with Crippen molar-refractivity contribution in [1.82, 2.24) is 29.5 Å². The quantitative estimate of drug-likeness (QED) is 0.507. The molecule has 28 heavy (non-hydrogen) atoms. The maximum absolute atomic E-state index is 12.2. The number of carbonyl (C=O) groups is 1. The molecule has 9 heteroatoms. The monoisotopic (exact) mass is 378 g/mol. The van der Waals surface area contributed by atoms with Crippen molar-refractivity contribution < 1.29 is 4.79 Å². The lowest BCUT2D eigenvalue weighted by Gasteiger charge is -2.09. The first-order valence-electron chi connectivity index (χ1n) is 8.91. The minimum atomic E-state index is -0.522. The number of para-hydroxylation sites is 1. The molecule has 0 aliphatic heterocycles. The number of aryl methyl sites for hydroxylation is 1. The molecule has 1 amide bonds. The summed E-state index contributed by atoms with van der Waals surface area (Å²) in [6.45, 7) is 0.589. The second-order valence-corrected chi connectivity index (χ2v) is 6.32. The van der Waals surface area contributed by atoms with E-state index in [9.17, 15) is 14.4 Å². The summed E-state index contributed by atoms with van der Waals surface area (Å²) >= 11 is 0. The molecule has 2 N–H and O–H groups in total. The lowest BCUT2D eigenvalue weighted by atomic mass is 10.2. The summed E-state index contributed by atoms with van der Waals surface area (Å²) in [5, 5.41) is 11.4. The Morgan fingerprint density at radius 3 is 2.79 bits per heavy atom. The standard InChI is InChI=1S/C19H18N6O3/c26-17(20-10-8-16-23-22-15-7-3-4-11-25(15)16)9-12-24-14-6-2-1-5-13(14)18(27)21-19(24)28/h1-7,11H,8-10,12H2,(H,20,26)(H,21,27,28). The predicted molar refractivity (Wildman–Crippen MR) is 103 cm³/mol. The zero-order chi connectivity index (χ0) is 19.5. The van der Waals surface area contributed by atoms with E-state index in [0.29, 0.717) is 23.9 Å². The largest absolute Gasteiger partial charge is 0.356 e. The Balaban J connectivity index is 1.38. The van der Waals surface area contributed by atoms with Gasteiger partial charge >= 0.3 is 5.69 Å². The zero-order valence-corrected chi connectivity index (χ0v) is 15.0. The third-order valence-corrected chi connectivity index (χ3v) is 4.52. The van der Waals surface area contributed by atoms with Gasteiger partial charge in [-0.1, -0.05) is 18.2 Å². The van der Waals surface area contributed by atoms with E-state index in [-0.39, 0.29) is 18.9 Å². The predicted octanol–water partition coefficient (Wildman–Crippen LogP) is 0.481. The van der Waals surface area contributed by atoms with Gasteiger partial charge < -0.3 is 5.32 Å². The van der Waals surface area contributed by atoms with Crippen molar-refractivity contribution in [2.75, 3.05) is 6.54 Å². The topological polar surface area (TPSA) is 114 Å². The van der Waals surface area contributed by atoms with Gasteiger partial charge in [0.2, 0.25) is 5.91 Å². The summed E-state index contributed by atoms with van der Waals surface area (Å²) in [5.74, 6) is 0.578. The van der Waals surface area contributed by atoms with Gasteiger partial charge in [0.25, 0.3) is 5.56 Å². The molecule has 4 rings (SSSR count). The van der Waals surface area contributed by atoms with E-state index in [1.807, 2.05) is 28.8 Å². The van der Waals surface area contributed by atoms with Crippen LogP contribution in [-0.2, 0) is 17.8 Å². The second-order valence-electron chi connectivity index (χ2n) is 6.32. The van der Waals surface area contributed by atoms with Crippen LogP contribution in [0, 0.1) is 0 Å². The lowest BCUT2D eigenvalue weighted by Crippen LogP contribution is -2.33. The molecule has 1 aromatic carbocycles. The Morgan fingerprint density at radius 2 is 1.89 bits per heavy atom. The Hall–Kier alpha value is -3.75. The molecule has 0 radical (unpaired) electrons. The molecule has 0 aliphatic carbocycles. The van der Waals surface area contributed by atoms with Crippen molar-refractivity contribution >= 4 is 22.5 Å². The van der Waals surface area contributed by atoms with Crippen LogP contribution in [0.3, 0.4) is 0 Å². The minimum Gasteiger partial charge on any atom is -0.356 e. The van der Waals surface area contributed by atoms with Gasteiger partial charge in [-0.3, -0.25) is 23.5 Å². The van der Waals surface area contributed by atoms with E-state index in [1.165, 1.54) is 4.57 Å². The number of benzene rings is 1. The molecule has 0 saturated carbocycles. The summed E-state index contributed by atoms with van der Waals surface area (Å²) < 4.78 is 3.28. The number of rotatable bonds is 6.